The number of nitrogens with one attached hydrogen (secondary N) is 2. The molecule has 0 bridgehead atoms. The second kappa shape index (κ2) is 5.71. The molecule has 2 rings (SSSR count). The highest BCUT2D eigenvalue weighted by atomic mass is 16.5. The number of benzene rings is 1. The standard InChI is InChI=1S/C13H17N3O3/c1-2-3-9(14)13(18)15-8-4-5-10-11(6-8)19-7-12(17)16-10/h4-6,9H,2-3,7,14H2,1H3,(H,15,18)(H,16,17). The number of ether oxygens (including phenoxy) is 1. The summed E-state index contributed by atoms with van der Waals surface area (Å²) in [6.45, 7) is 1.96. The minimum atomic E-state index is -0.512. The molecule has 19 heavy (non-hydrogen) atoms. The number of amides is 2. The van der Waals surface area contributed by atoms with Gasteiger partial charge >= 0.3 is 0 Å². The van der Waals surface area contributed by atoms with Gasteiger partial charge in [-0.25, -0.2) is 0 Å². The van der Waals surface area contributed by atoms with Crippen LogP contribution in [-0.2, 0) is 9.59 Å². The molecule has 0 aromatic heterocycles. The number of rotatable bonds is 4. The van der Waals surface area contributed by atoms with E-state index in [0.29, 0.717) is 23.5 Å². The second-order valence-corrected chi connectivity index (χ2v) is 4.43. The normalized spacial score (nSPS) is 14.9. The molecule has 6 heteroatoms. The lowest BCUT2D eigenvalue weighted by atomic mass is 10.1. The van der Waals surface area contributed by atoms with Crippen molar-refractivity contribution in [1.29, 1.82) is 0 Å². The van der Waals surface area contributed by atoms with Crippen molar-refractivity contribution in [3.63, 3.8) is 0 Å². The number of carbonyl (C=O) groups is 2. The van der Waals surface area contributed by atoms with Crippen LogP contribution < -0.4 is 21.1 Å². The molecule has 0 radical (unpaired) electrons. The van der Waals surface area contributed by atoms with Crippen LogP contribution in [0.1, 0.15) is 19.8 Å². The van der Waals surface area contributed by atoms with Crippen molar-refractivity contribution < 1.29 is 14.3 Å². The van der Waals surface area contributed by atoms with Crippen molar-refractivity contribution in [3.05, 3.63) is 18.2 Å². The Labute approximate surface area is 111 Å². The molecule has 1 unspecified atom stereocenters. The minimum absolute atomic E-state index is 0.0141. The van der Waals surface area contributed by atoms with Crippen molar-refractivity contribution in [2.75, 3.05) is 17.2 Å². The molecule has 0 fully saturated rings. The summed E-state index contributed by atoms with van der Waals surface area (Å²) in [5.41, 5.74) is 6.94. The summed E-state index contributed by atoms with van der Waals surface area (Å²) in [4.78, 5) is 22.9. The van der Waals surface area contributed by atoms with E-state index in [-0.39, 0.29) is 18.4 Å². The number of carbonyl (C=O) groups excluding carboxylic acids is 2. The fraction of sp³-hybridized carbons (Fsp3) is 0.385. The fourth-order valence-electron chi connectivity index (χ4n) is 1.83. The quantitative estimate of drug-likeness (QED) is 0.757. The van der Waals surface area contributed by atoms with Crippen LogP contribution in [0.4, 0.5) is 11.4 Å². The lowest BCUT2D eigenvalue weighted by Gasteiger charge is -2.19. The number of hydrogen-bond acceptors (Lipinski definition) is 4. The third-order valence-corrected chi connectivity index (χ3v) is 2.82. The Bertz CT molecular complexity index is 502. The average Bonchev–Trinajstić information content (AvgIpc) is 2.39. The molecule has 1 aromatic carbocycles. The molecule has 0 aliphatic carbocycles. The highest BCUT2D eigenvalue weighted by molar-refractivity contribution is 5.98. The zero-order chi connectivity index (χ0) is 13.8. The summed E-state index contributed by atoms with van der Waals surface area (Å²) < 4.78 is 5.27. The number of anilines is 2. The molecule has 1 atom stereocenters. The average molecular weight is 263 g/mol. The first-order valence-electron chi connectivity index (χ1n) is 6.23. The predicted octanol–water partition coefficient (Wildman–Crippen LogP) is 1.08. The topological polar surface area (TPSA) is 93.5 Å². The summed E-state index contributed by atoms with van der Waals surface area (Å²) in [7, 11) is 0. The minimum Gasteiger partial charge on any atom is -0.482 e. The van der Waals surface area contributed by atoms with Crippen LogP contribution >= 0.6 is 0 Å². The molecule has 102 valence electrons. The van der Waals surface area contributed by atoms with Gasteiger partial charge in [-0.2, -0.15) is 0 Å². The Balaban J connectivity index is 2.06. The summed E-state index contributed by atoms with van der Waals surface area (Å²) in [5, 5.41) is 5.41. The molecule has 2 amide bonds. The van der Waals surface area contributed by atoms with Gasteiger partial charge < -0.3 is 21.1 Å². The largest absolute Gasteiger partial charge is 0.482 e. The van der Waals surface area contributed by atoms with Crippen LogP contribution in [0.2, 0.25) is 0 Å². The van der Waals surface area contributed by atoms with Crippen LogP contribution in [0.5, 0.6) is 5.75 Å². The van der Waals surface area contributed by atoms with E-state index >= 15 is 0 Å². The van der Waals surface area contributed by atoms with E-state index in [2.05, 4.69) is 10.6 Å². The highest BCUT2D eigenvalue weighted by Crippen LogP contribution is 2.30. The molecule has 0 saturated heterocycles. The molecule has 0 spiro atoms. The van der Waals surface area contributed by atoms with Gasteiger partial charge in [-0.1, -0.05) is 13.3 Å². The van der Waals surface area contributed by atoms with Crippen molar-refractivity contribution in [2.45, 2.75) is 25.8 Å². The lowest BCUT2D eigenvalue weighted by molar-refractivity contribution is -0.119. The summed E-state index contributed by atoms with van der Waals surface area (Å²) >= 11 is 0. The monoisotopic (exact) mass is 263 g/mol. The van der Waals surface area contributed by atoms with Gasteiger partial charge in [0, 0.05) is 11.8 Å². The first-order valence-corrected chi connectivity index (χ1v) is 6.23. The second-order valence-electron chi connectivity index (χ2n) is 4.43. The van der Waals surface area contributed by atoms with Gasteiger partial charge in [0.25, 0.3) is 5.91 Å². The lowest BCUT2D eigenvalue weighted by Crippen LogP contribution is -2.35. The first-order chi connectivity index (χ1) is 9.10. The molecular weight excluding hydrogens is 246 g/mol. The third kappa shape index (κ3) is 3.23. The molecule has 1 heterocycles. The van der Waals surface area contributed by atoms with Gasteiger partial charge in [0.05, 0.1) is 11.7 Å². The molecule has 4 N–H and O–H groups in total. The molecule has 6 nitrogen and oxygen atoms in total. The van der Waals surface area contributed by atoms with Gasteiger partial charge in [0.1, 0.15) is 5.75 Å². The predicted molar refractivity (Wildman–Crippen MR) is 72.1 cm³/mol. The van der Waals surface area contributed by atoms with Crippen molar-refractivity contribution in [2.24, 2.45) is 5.73 Å². The van der Waals surface area contributed by atoms with E-state index < -0.39 is 6.04 Å². The van der Waals surface area contributed by atoms with Crippen molar-refractivity contribution in [1.82, 2.24) is 0 Å². The van der Waals surface area contributed by atoms with E-state index in [1.54, 1.807) is 18.2 Å². The highest BCUT2D eigenvalue weighted by Gasteiger charge is 2.17. The van der Waals surface area contributed by atoms with Gasteiger partial charge in [-0.15, -0.1) is 0 Å². The Kier molecular flexibility index (Phi) is 4.01. The van der Waals surface area contributed by atoms with Crippen LogP contribution in [0.3, 0.4) is 0 Å². The summed E-state index contributed by atoms with van der Waals surface area (Å²) in [5.74, 6) is 0.136. The van der Waals surface area contributed by atoms with Crippen LogP contribution in [-0.4, -0.2) is 24.5 Å². The molecule has 1 aliphatic heterocycles. The van der Waals surface area contributed by atoms with Gasteiger partial charge in [-0.3, -0.25) is 9.59 Å². The number of fused-ring (bicyclic) bond motifs is 1. The SMILES string of the molecule is CCCC(N)C(=O)Nc1ccc2c(c1)OCC(=O)N2. The molecule has 1 aliphatic rings. The first kappa shape index (κ1) is 13.4. The molecule has 1 aromatic rings. The maximum Gasteiger partial charge on any atom is 0.262 e. The molecule has 0 saturated carbocycles. The van der Waals surface area contributed by atoms with Gasteiger partial charge in [-0.05, 0) is 18.6 Å². The summed E-state index contributed by atoms with van der Waals surface area (Å²) in [6, 6.07) is 4.55. The van der Waals surface area contributed by atoms with Gasteiger partial charge in [0.15, 0.2) is 6.61 Å². The van der Waals surface area contributed by atoms with Crippen molar-refractivity contribution >= 4 is 23.2 Å². The van der Waals surface area contributed by atoms with Crippen LogP contribution in [0, 0.1) is 0 Å². The fourth-order valence-corrected chi connectivity index (χ4v) is 1.83. The van der Waals surface area contributed by atoms with Crippen molar-refractivity contribution in [3.8, 4) is 5.75 Å². The Hall–Kier alpha value is -2.08. The Morgan fingerprint density at radius 3 is 3.11 bits per heavy atom. The van der Waals surface area contributed by atoms with Crippen LogP contribution in [0.15, 0.2) is 18.2 Å². The molecular formula is C13H17N3O3. The van der Waals surface area contributed by atoms with E-state index in [4.69, 9.17) is 10.5 Å². The Morgan fingerprint density at radius 2 is 2.37 bits per heavy atom. The maximum atomic E-state index is 11.8. The summed E-state index contributed by atoms with van der Waals surface area (Å²) in [6.07, 6.45) is 1.50. The third-order valence-electron chi connectivity index (χ3n) is 2.82. The van der Waals surface area contributed by atoms with E-state index in [9.17, 15) is 9.59 Å². The van der Waals surface area contributed by atoms with E-state index in [1.165, 1.54) is 0 Å². The zero-order valence-corrected chi connectivity index (χ0v) is 10.7. The zero-order valence-electron chi connectivity index (χ0n) is 10.7. The maximum absolute atomic E-state index is 11.8. The Morgan fingerprint density at radius 1 is 1.58 bits per heavy atom. The smallest absolute Gasteiger partial charge is 0.262 e. The van der Waals surface area contributed by atoms with E-state index in [1.807, 2.05) is 6.92 Å². The van der Waals surface area contributed by atoms with E-state index in [0.717, 1.165) is 6.42 Å². The number of hydrogen-bond donors (Lipinski definition) is 3. The number of nitrogens with two attached hydrogens (primary N) is 1. The van der Waals surface area contributed by atoms with Crippen LogP contribution in [0.25, 0.3) is 0 Å². The van der Waals surface area contributed by atoms with Gasteiger partial charge in [0.2, 0.25) is 5.91 Å².